The SMILES string of the molecule is CNC1CCCN(C(C)c2cccnc2)C1. The molecule has 0 aliphatic carbocycles. The Morgan fingerprint density at radius 3 is 3.12 bits per heavy atom. The molecule has 1 aromatic heterocycles. The second kappa shape index (κ2) is 5.41. The first kappa shape index (κ1) is 11.6. The van der Waals surface area contributed by atoms with Gasteiger partial charge in [0.05, 0.1) is 0 Å². The molecule has 16 heavy (non-hydrogen) atoms. The maximum atomic E-state index is 4.20. The van der Waals surface area contributed by atoms with E-state index in [4.69, 9.17) is 0 Å². The zero-order valence-corrected chi connectivity index (χ0v) is 10.2. The molecule has 1 aliphatic heterocycles. The van der Waals surface area contributed by atoms with Crippen LogP contribution in [0, 0.1) is 0 Å². The van der Waals surface area contributed by atoms with Crippen LogP contribution in [-0.4, -0.2) is 36.1 Å². The second-order valence-corrected chi connectivity index (χ2v) is 4.59. The third kappa shape index (κ3) is 2.60. The van der Waals surface area contributed by atoms with E-state index in [0.29, 0.717) is 12.1 Å². The van der Waals surface area contributed by atoms with E-state index in [2.05, 4.69) is 35.2 Å². The van der Waals surface area contributed by atoms with Crippen LogP contribution >= 0.6 is 0 Å². The highest BCUT2D eigenvalue weighted by molar-refractivity contribution is 5.13. The van der Waals surface area contributed by atoms with Gasteiger partial charge in [0.2, 0.25) is 0 Å². The van der Waals surface area contributed by atoms with Gasteiger partial charge >= 0.3 is 0 Å². The number of likely N-dealkylation sites (N-methyl/N-ethyl adjacent to an activating group) is 1. The van der Waals surface area contributed by atoms with Gasteiger partial charge in [-0.1, -0.05) is 6.07 Å². The summed E-state index contributed by atoms with van der Waals surface area (Å²) in [6, 6.07) is 5.31. The largest absolute Gasteiger partial charge is 0.316 e. The Morgan fingerprint density at radius 2 is 2.44 bits per heavy atom. The third-order valence-corrected chi connectivity index (χ3v) is 3.58. The Labute approximate surface area is 97.9 Å². The van der Waals surface area contributed by atoms with Gasteiger partial charge in [-0.2, -0.15) is 0 Å². The summed E-state index contributed by atoms with van der Waals surface area (Å²) in [5, 5.41) is 3.38. The molecule has 2 heterocycles. The van der Waals surface area contributed by atoms with Crippen LogP contribution in [0.25, 0.3) is 0 Å². The van der Waals surface area contributed by atoms with E-state index in [1.54, 1.807) is 0 Å². The standard InChI is InChI=1S/C13H21N3/c1-11(12-5-3-7-15-9-12)16-8-4-6-13(10-16)14-2/h3,5,7,9,11,13-14H,4,6,8,10H2,1-2H3. The van der Waals surface area contributed by atoms with Crippen LogP contribution in [0.3, 0.4) is 0 Å². The smallest absolute Gasteiger partial charge is 0.0335 e. The molecular formula is C13H21N3. The zero-order valence-electron chi connectivity index (χ0n) is 10.2. The van der Waals surface area contributed by atoms with Crippen LogP contribution in [0.4, 0.5) is 0 Å². The molecule has 3 heteroatoms. The Morgan fingerprint density at radius 1 is 1.56 bits per heavy atom. The van der Waals surface area contributed by atoms with Crippen LogP contribution in [0.2, 0.25) is 0 Å². The summed E-state index contributed by atoms with van der Waals surface area (Å²) in [5.74, 6) is 0. The van der Waals surface area contributed by atoms with Crippen molar-refractivity contribution in [3.05, 3.63) is 30.1 Å². The van der Waals surface area contributed by atoms with Gasteiger partial charge in [-0.05, 0) is 45.0 Å². The molecule has 0 radical (unpaired) electrons. The molecule has 0 spiro atoms. The summed E-state index contributed by atoms with van der Waals surface area (Å²) in [6.07, 6.45) is 6.40. The van der Waals surface area contributed by atoms with E-state index in [1.165, 1.54) is 24.9 Å². The molecule has 1 N–H and O–H groups in total. The Balaban J connectivity index is 2.01. The zero-order chi connectivity index (χ0) is 11.4. The average Bonchev–Trinajstić information content (AvgIpc) is 2.39. The highest BCUT2D eigenvalue weighted by Crippen LogP contribution is 2.23. The number of likely N-dealkylation sites (tertiary alicyclic amines) is 1. The van der Waals surface area contributed by atoms with Crippen molar-refractivity contribution >= 4 is 0 Å². The summed E-state index contributed by atoms with van der Waals surface area (Å²) in [7, 11) is 2.06. The molecule has 2 unspecified atom stereocenters. The lowest BCUT2D eigenvalue weighted by molar-refractivity contribution is 0.149. The summed E-state index contributed by atoms with van der Waals surface area (Å²) < 4.78 is 0. The molecule has 1 fully saturated rings. The first-order valence-electron chi connectivity index (χ1n) is 6.12. The normalized spacial score (nSPS) is 24.2. The van der Waals surface area contributed by atoms with E-state index in [1.807, 2.05) is 18.5 Å². The Kier molecular flexibility index (Phi) is 3.91. The van der Waals surface area contributed by atoms with Gasteiger partial charge in [0.1, 0.15) is 0 Å². The maximum absolute atomic E-state index is 4.20. The van der Waals surface area contributed by atoms with Crippen molar-refractivity contribution in [2.24, 2.45) is 0 Å². The fourth-order valence-electron chi connectivity index (χ4n) is 2.43. The number of rotatable bonds is 3. The minimum absolute atomic E-state index is 0.477. The summed E-state index contributed by atoms with van der Waals surface area (Å²) >= 11 is 0. The Hall–Kier alpha value is -0.930. The molecule has 0 bridgehead atoms. The predicted molar refractivity (Wildman–Crippen MR) is 66.3 cm³/mol. The average molecular weight is 219 g/mol. The number of nitrogens with one attached hydrogen (secondary N) is 1. The molecule has 0 amide bonds. The molecule has 0 saturated carbocycles. The topological polar surface area (TPSA) is 28.2 Å². The van der Waals surface area contributed by atoms with Crippen LogP contribution in [-0.2, 0) is 0 Å². The minimum atomic E-state index is 0.477. The molecule has 1 aromatic rings. The molecule has 3 nitrogen and oxygen atoms in total. The van der Waals surface area contributed by atoms with E-state index >= 15 is 0 Å². The summed E-state index contributed by atoms with van der Waals surface area (Å²) in [6.45, 7) is 4.62. The number of aromatic nitrogens is 1. The maximum Gasteiger partial charge on any atom is 0.0335 e. The lowest BCUT2D eigenvalue weighted by Crippen LogP contribution is -2.45. The van der Waals surface area contributed by atoms with Crippen LogP contribution in [0.15, 0.2) is 24.5 Å². The van der Waals surface area contributed by atoms with Gasteiger partial charge in [-0.3, -0.25) is 9.88 Å². The van der Waals surface area contributed by atoms with Crippen molar-refractivity contribution in [2.75, 3.05) is 20.1 Å². The van der Waals surface area contributed by atoms with Gasteiger partial charge < -0.3 is 5.32 Å². The predicted octanol–water partition coefficient (Wildman–Crippen LogP) is 1.83. The summed E-state index contributed by atoms with van der Waals surface area (Å²) in [4.78, 5) is 6.74. The highest BCUT2D eigenvalue weighted by Gasteiger charge is 2.23. The molecule has 2 rings (SSSR count). The van der Waals surface area contributed by atoms with Gasteiger partial charge in [0, 0.05) is 31.0 Å². The van der Waals surface area contributed by atoms with Crippen LogP contribution in [0.5, 0.6) is 0 Å². The van der Waals surface area contributed by atoms with Gasteiger partial charge in [-0.25, -0.2) is 0 Å². The first-order valence-corrected chi connectivity index (χ1v) is 6.12. The molecule has 88 valence electrons. The van der Waals surface area contributed by atoms with E-state index in [0.717, 1.165) is 6.54 Å². The van der Waals surface area contributed by atoms with Crippen molar-refractivity contribution in [1.82, 2.24) is 15.2 Å². The van der Waals surface area contributed by atoms with E-state index in [9.17, 15) is 0 Å². The van der Waals surface area contributed by atoms with Crippen LogP contribution < -0.4 is 5.32 Å². The number of hydrogen-bond donors (Lipinski definition) is 1. The van der Waals surface area contributed by atoms with Crippen molar-refractivity contribution in [1.29, 1.82) is 0 Å². The van der Waals surface area contributed by atoms with Gasteiger partial charge in [0.25, 0.3) is 0 Å². The van der Waals surface area contributed by atoms with Crippen LogP contribution in [0.1, 0.15) is 31.4 Å². The number of piperidine rings is 1. The number of nitrogens with zero attached hydrogens (tertiary/aromatic N) is 2. The lowest BCUT2D eigenvalue weighted by atomic mass is 10.0. The molecule has 1 saturated heterocycles. The molecule has 0 aromatic carbocycles. The molecule has 2 atom stereocenters. The second-order valence-electron chi connectivity index (χ2n) is 4.59. The van der Waals surface area contributed by atoms with Crippen molar-refractivity contribution in [3.63, 3.8) is 0 Å². The van der Waals surface area contributed by atoms with E-state index in [-0.39, 0.29) is 0 Å². The monoisotopic (exact) mass is 219 g/mol. The molecular weight excluding hydrogens is 198 g/mol. The van der Waals surface area contributed by atoms with Crippen molar-refractivity contribution < 1.29 is 0 Å². The first-order chi connectivity index (χ1) is 7.81. The Bertz CT molecular complexity index is 312. The molecule has 1 aliphatic rings. The third-order valence-electron chi connectivity index (χ3n) is 3.58. The number of hydrogen-bond acceptors (Lipinski definition) is 3. The van der Waals surface area contributed by atoms with Gasteiger partial charge in [-0.15, -0.1) is 0 Å². The van der Waals surface area contributed by atoms with Crippen molar-refractivity contribution in [3.8, 4) is 0 Å². The van der Waals surface area contributed by atoms with Crippen molar-refractivity contribution in [2.45, 2.75) is 31.8 Å². The number of pyridine rings is 1. The van der Waals surface area contributed by atoms with E-state index < -0.39 is 0 Å². The lowest BCUT2D eigenvalue weighted by Gasteiger charge is -2.36. The highest BCUT2D eigenvalue weighted by atomic mass is 15.2. The fourth-order valence-corrected chi connectivity index (χ4v) is 2.43. The van der Waals surface area contributed by atoms with Gasteiger partial charge in [0.15, 0.2) is 0 Å². The summed E-state index contributed by atoms with van der Waals surface area (Å²) in [5.41, 5.74) is 1.32. The quantitative estimate of drug-likeness (QED) is 0.840. The minimum Gasteiger partial charge on any atom is -0.316 e. The fraction of sp³-hybridized carbons (Fsp3) is 0.615.